The summed E-state index contributed by atoms with van der Waals surface area (Å²) in [6.45, 7) is 11.0. The number of amides is 3. The van der Waals surface area contributed by atoms with Crippen molar-refractivity contribution < 1.29 is 29.0 Å². The zero-order valence-electron chi connectivity index (χ0n) is 29.3. The van der Waals surface area contributed by atoms with Gasteiger partial charge in [-0.15, -0.1) is 11.3 Å². The monoisotopic (exact) mass is 687 g/mol. The van der Waals surface area contributed by atoms with E-state index in [9.17, 15) is 19.5 Å². The van der Waals surface area contributed by atoms with Crippen molar-refractivity contribution in [3.8, 4) is 10.4 Å². The minimum Gasteiger partial charge on any atom is -0.391 e. The lowest BCUT2D eigenvalue weighted by Crippen LogP contribution is -2.57. The first kappa shape index (κ1) is 39.5. The van der Waals surface area contributed by atoms with Crippen molar-refractivity contribution in [1.82, 2.24) is 20.5 Å². The van der Waals surface area contributed by atoms with Gasteiger partial charge in [-0.2, -0.15) is 0 Å². The molecule has 0 bridgehead atoms. The van der Waals surface area contributed by atoms with E-state index in [1.807, 2.05) is 57.5 Å². The standard InChI is InChI=1S/C36H57N5O6S/c1-26-32(48-25-39-26)28-15-13-27(14-16-28)23-38-34(44)30-22-29(42)24-41(30)35(45)33(36(2,3)4)40-31(43)12-10-8-6-5-7-9-11-18-46-20-21-47-19-17-37/h13-16,25,29-30,33,42H,5-12,17-24,37H2,1-4H3,(H,38,44)(H,40,43)/t29-,30+,33?/m1/s1. The molecule has 2 aromatic rings. The minimum atomic E-state index is -0.817. The van der Waals surface area contributed by atoms with Crippen LogP contribution in [0.2, 0.25) is 0 Å². The van der Waals surface area contributed by atoms with Crippen LogP contribution in [0.1, 0.15) is 89.8 Å². The second-order valence-corrected chi connectivity index (χ2v) is 14.5. The maximum absolute atomic E-state index is 13.8. The van der Waals surface area contributed by atoms with E-state index in [0.29, 0.717) is 39.3 Å². The number of benzene rings is 1. The van der Waals surface area contributed by atoms with Crippen LogP contribution in [0.4, 0.5) is 0 Å². The lowest BCUT2D eigenvalue weighted by molar-refractivity contribution is -0.144. The molecule has 0 spiro atoms. The van der Waals surface area contributed by atoms with Crippen molar-refractivity contribution >= 4 is 29.1 Å². The van der Waals surface area contributed by atoms with E-state index in [1.54, 1.807) is 11.3 Å². The normalized spacial score (nSPS) is 17.0. The van der Waals surface area contributed by atoms with Crippen LogP contribution < -0.4 is 16.4 Å². The fraction of sp³-hybridized carbons (Fsp3) is 0.667. The maximum atomic E-state index is 13.8. The SMILES string of the molecule is Cc1ncsc1-c1ccc(CNC(=O)[C@@H]2C[C@@H](O)CN2C(=O)C(NC(=O)CCCCCCCCCOCCOCCN)C(C)(C)C)cc1. The maximum Gasteiger partial charge on any atom is 0.246 e. The largest absolute Gasteiger partial charge is 0.391 e. The highest BCUT2D eigenvalue weighted by Gasteiger charge is 2.44. The molecule has 1 unspecified atom stereocenters. The Kier molecular flexibility index (Phi) is 16.9. The number of unbranched alkanes of at least 4 members (excludes halogenated alkanes) is 6. The van der Waals surface area contributed by atoms with Crippen LogP contribution in [0, 0.1) is 12.3 Å². The van der Waals surface area contributed by atoms with Crippen molar-refractivity contribution in [1.29, 1.82) is 0 Å². The average Bonchev–Trinajstić information content (AvgIpc) is 3.67. The molecule has 2 heterocycles. The zero-order chi connectivity index (χ0) is 34.9. The lowest BCUT2D eigenvalue weighted by atomic mass is 9.85. The number of carbonyl (C=O) groups excluding carboxylic acids is 3. The number of nitrogens with one attached hydrogen (secondary N) is 2. The molecule has 1 aromatic carbocycles. The van der Waals surface area contributed by atoms with Gasteiger partial charge in [-0.25, -0.2) is 4.98 Å². The molecule has 5 N–H and O–H groups in total. The van der Waals surface area contributed by atoms with Gasteiger partial charge < -0.3 is 35.8 Å². The molecular weight excluding hydrogens is 630 g/mol. The Morgan fingerprint density at radius 1 is 1.00 bits per heavy atom. The van der Waals surface area contributed by atoms with Crippen molar-refractivity contribution in [2.45, 2.75) is 110 Å². The third-order valence-corrected chi connectivity index (χ3v) is 9.52. The number of rotatable bonds is 21. The molecule has 3 atom stereocenters. The Morgan fingerprint density at radius 3 is 2.27 bits per heavy atom. The smallest absolute Gasteiger partial charge is 0.246 e. The second kappa shape index (κ2) is 20.6. The molecule has 11 nitrogen and oxygen atoms in total. The van der Waals surface area contributed by atoms with E-state index in [2.05, 4.69) is 15.6 Å². The number of hydrogen-bond acceptors (Lipinski definition) is 9. The van der Waals surface area contributed by atoms with Crippen LogP contribution in [0.5, 0.6) is 0 Å². The molecule has 0 radical (unpaired) electrons. The van der Waals surface area contributed by atoms with Crippen molar-refractivity contribution in [3.05, 3.63) is 41.0 Å². The topological polar surface area (TPSA) is 156 Å². The van der Waals surface area contributed by atoms with Crippen molar-refractivity contribution in [2.24, 2.45) is 11.1 Å². The summed E-state index contributed by atoms with van der Waals surface area (Å²) < 4.78 is 10.8. The molecule has 3 rings (SSSR count). The predicted octanol–water partition coefficient (Wildman–Crippen LogP) is 4.34. The number of nitrogens with zero attached hydrogens (tertiary/aromatic N) is 2. The molecule has 0 aliphatic carbocycles. The van der Waals surface area contributed by atoms with Gasteiger partial charge in [-0.3, -0.25) is 14.4 Å². The number of β-amino-alcohol motifs (C(OH)–C–C–N with tert-alkyl or cyclic N) is 1. The summed E-state index contributed by atoms with van der Waals surface area (Å²) >= 11 is 1.59. The first-order valence-electron chi connectivity index (χ1n) is 17.4. The molecule has 268 valence electrons. The van der Waals surface area contributed by atoms with Crippen LogP contribution in [-0.4, -0.2) is 90.4 Å². The quantitative estimate of drug-likeness (QED) is 0.141. The first-order valence-corrected chi connectivity index (χ1v) is 18.3. The van der Waals surface area contributed by atoms with Crippen LogP contribution in [0.25, 0.3) is 10.4 Å². The molecule has 0 saturated carbocycles. The molecule has 1 aromatic heterocycles. The summed E-state index contributed by atoms with van der Waals surface area (Å²) in [5.41, 5.74) is 9.61. The third kappa shape index (κ3) is 13.2. The van der Waals surface area contributed by atoms with Gasteiger partial charge in [0.15, 0.2) is 0 Å². The van der Waals surface area contributed by atoms with Gasteiger partial charge in [0.05, 0.1) is 42.0 Å². The Bertz CT molecular complexity index is 1260. The highest BCUT2D eigenvalue weighted by atomic mass is 32.1. The Balaban J connectivity index is 1.40. The van der Waals surface area contributed by atoms with Crippen LogP contribution >= 0.6 is 11.3 Å². The van der Waals surface area contributed by atoms with E-state index in [0.717, 1.165) is 73.3 Å². The van der Waals surface area contributed by atoms with Crippen molar-refractivity contribution in [3.63, 3.8) is 0 Å². The number of aliphatic hydroxyl groups is 1. The Morgan fingerprint density at radius 2 is 1.65 bits per heavy atom. The Labute approximate surface area is 290 Å². The van der Waals surface area contributed by atoms with Gasteiger partial charge in [-0.05, 0) is 36.3 Å². The summed E-state index contributed by atoms with van der Waals surface area (Å²) in [6, 6.07) is 6.33. The summed E-state index contributed by atoms with van der Waals surface area (Å²) in [6.07, 6.45) is 6.84. The lowest BCUT2D eigenvalue weighted by Gasteiger charge is -2.35. The van der Waals surface area contributed by atoms with Crippen LogP contribution in [0.3, 0.4) is 0 Å². The van der Waals surface area contributed by atoms with Crippen molar-refractivity contribution in [2.75, 3.05) is 39.5 Å². The van der Waals surface area contributed by atoms with E-state index in [4.69, 9.17) is 15.2 Å². The predicted molar refractivity (Wildman–Crippen MR) is 189 cm³/mol. The van der Waals surface area contributed by atoms with Gasteiger partial charge >= 0.3 is 0 Å². The number of nitrogens with two attached hydrogens (primary N) is 1. The first-order chi connectivity index (χ1) is 23.0. The summed E-state index contributed by atoms with van der Waals surface area (Å²) in [4.78, 5) is 47.0. The zero-order valence-corrected chi connectivity index (χ0v) is 30.1. The number of carbonyl (C=O) groups is 3. The number of hydrogen-bond donors (Lipinski definition) is 4. The molecule has 1 aliphatic heterocycles. The molecule has 1 saturated heterocycles. The van der Waals surface area contributed by atoms with Crippen LogP contribution in [0.15, 0.2) is 29.8 Å². The minimum absolute atomic E-state index is 0.0532. The molecule has 3 amide bonds. The van der Waals surface area contributed by atoms with Gasteiger partial charge in [-0.1, -0.05) is 77.1 Å². The fourth-order valence-electron chi connectivity index (χ4n) is 5.79. The highest BCUT2D eigenvalue weighted by Crippen LogP contribution is 2.28. The molecule has 1 fully saturated rings. The molecule has 1 aliphatic rings. The van der Waals surface area contributed by atoms with E-state index < -0.39 is 23.6 Å². The summed E-state index contributed by atoms with van der Waals surface area (Å²) in [5, 5.41) is 16.4. The van der Waals surface area contributed by atoms with Gasteiger partial charge in [0.1, 0.15) is 12.1 Å². The summed E-state index contributed by atoms with van der Waals surface area (Å²) in [7, 11) is 0. The number of aryl methyl sites for hydroxylation is 1. The number of ether oxygens (including phenoxy) is 2. The van der Waals surface area contributed by atoms with Gasteiger partial charge in [0.25, 0.3) is 0 Å². The van der Waals surface area contributed by atoms with E-state index >= 15 is 0 Å². The number of thiazole rings is 1. The third-order valence-electron chi connectivity index (χ3n) is 8.54. The van der Waals surface area contributed by atoms with Crippen LogP contribution in [-0.2, 0) is 30.4 Å². The number of likely N-dealkylation sites (tertiary alicyclic amines) is 1. The number of aliphatic hydroxyl groups excluding tert-OH is 1. The average molecular weight is 688 g/mol. The number of aromatic nitrogens is 1. The molecular formula is C36H57N5O6S. The Hall–Kier alpha value is -2.90. The molecule has 12 heteroatoms. The van der Waals surface area contributed by atoms with E-state index in [1.165, 1.54) is 4.90 Å². The second-order valence-electron chi connectivity index (χ2n) is 13.7. The highest BCUT2D eigenvalue weighted by molar-refractivity contribution is 7.13. The van der Waals surface area contributed by atoms with Gasteiger partial charge in [0, 0.05) is 39.1 Å². The fourth-order valence-corrected chi connectivity index (χ4v) is 6.60. The molecule has 48 heavy (non-hydrogen) atoms. The van der Waals surface area contributed by atoms with E-state index in [-0.39, 0.29) is 30.7 Å². The van der Waals surface area contributed by atoms with Gasteiger partial charge in [0.2, 0.25) is 17.7 Å². The summed E-state index contributed by atoms with van der Waals surface area (Å²) in [5.74, 6) is -0.834.